The Morgan fingerprint density at radius 3 is 2.61 bits per heavy atom. The van der Waals surface area contributed by atoms with Crippen LogP contribution in [0, 0.1) is 10.1 Å². The van der Waals surface area contributed by atoms with Crippen molar-refractivity contribution < 1.29 is 19.0 Å². The second kappa shape index (κ2) is 8.49. The summed E-state index contributed by atoms with van der Waals surface area (Å²) in [6.45, 7) is 0.324. The standard InChI is InChI=1S/C17H14N6O5/c24-15(12-4-2-6-18-10-12)19-7-8-20-16(25)17-21-14(22-28-17)11-3-1-5-13(9-11)23(26)27/h1-6,9-10H,7-8H2,(H,19,24)(H,20,25). The van der Waals surface area contributed by atoms with Crippen molar-refractivity contribution in [3.8, 4) is 11.4 Å². The molecule has 0 aliphatic rings. The quantitative estimate of drug-likeness (QED) is 0.351. The van der Waals surface area contributed by atoms with E-state index in [1.807, 2.05) is 0 Å². The van der Waals surface area contributed by atoms with Crippen LogP contribution >= 0.6 is 0 Å². The fourth-order valence-electron chi connectivity index (χ4n) is 2.22. The summed E-state index contributed by atoms with van der Waals surface area (Å²) < 4.78 is 4.89. The van der Waals surface area contributed by atoms with Crippen molar-refractivity contribution in [2.75, 3.05) is 13.1 Å². The van der Waals surface area contributed by atoms with E-state index in [4.69, 9.17) is 4.52 Å². The highest BCUT2D eigenvalue weighted by Crippen LogP contribution is 2.21. The first-order valence-electron chi connectivity index (χ1n) is 8.09. The summed E-state index contributed by atoms with van der Waals surface area (Å²) in [6.07, 6.45) is 2.99. The predicted molar refractivity (Wildman–Crippen MR) is 95.3 cm³/mol. The van der Waals surface area contributed by atoms with Crippen molar-refractivity contribution in [2.24, 2.45) is 0 Å². The van der Waals surface area contributed by atoms with Crippen LogP contribution in [0.5, 0.6) is 0 Å². The second-order valence-corrected chi connectivity index (χ2v) is 5.48. The first-order valence-corrected chi connectivity index (χ1v) is 8.09. The van der Waals surface area contributed by atoms with E-state index in [9.17, 15) is 19.7 Å². The molecular formula is C17H14N6O5. The third-order valence-electron chi connectivity index (χ3n) is 3.56. The van der Waals surface area contributed by atoms with Crippen LogP contribution in [0.2, 0.25) is 0 Å². The molecule has 3 rings (SSSR count). The van der Waals surface area contributed by atoms with Crippen LogP contribution in [0.15, 0.2) is 53.3 Å². The maximum absolute atomic E-state index is 12.0. The van der Waals surface area contributed by atoms with Gasteiger partial charge in [-0.1, -0.05) is 17.3 Å². The van der Waals surface area contributed by atoms with Crippen LogP contribution in [-0.4, -0.2) is 45.0 Å². The highest BCUT2D eigenvalue weighted by atomic mass is 16.6. The zero-order chi connectivity index (χ0) is 19.9. The molecule has 0 atom stereocenters. The summed E-state index contributed by atoms with van der Waals surface area (Å²) >= 11 is 0. The zero-order valence-electron chi connectivity index (χ0n) is 14.4. The number of amides is 2. The molecule has 1 aromatic carbocycles. The smallest absolute Gasteiger partial charge is 0.316 e. The van der Waals surface area contributed by atoms with Crippen molar-refractivity contribution in [3.05, 3.63) is 70.4 Å². The number of aromatic nitrogens is 3. The maximum Gasteiger partial charge on any atom is 0.316 e. The molecule has 0 aliphatic heterocycles. The number of hydrogen-bond acceptors (Lipinski definition) is 8. The molecule has 142 valence electrons. The number of nitro groups is 1. The lowest BCUT2D eigenvalue weighted by atomic mass is 10.2. The summed E-state index contributed by atoms with van der Waals surface area (Å²) in [5.41, 5.74) is 0.630. The Balaban J connectivity index is 1.52. The molecule has 0 aliphatic carbocycles. The van der Waals surface area contributed by atoms with Crippen LogP contribution in [0.1, 0.15) is 21.0 Å². The number of hydrogen-bond donors (Lipinski definition) is 2. The van der Waals surface area contributed by atoms with Crippen molar-refractivity contribution in [1.82, 2.24) is 25.8 Å². The van der Waals surface area contributed by atoms with Gasteiger partial charge in [0.25, 0.3) is 11.6 Å². The van der Waals surface area contributed by atoms with E-state index in [2.05, 4.69) is 25.8 Å². The summed E-state index contributed by atoms with van der Waals surface area (Å²) in [4.78, 5) is 41.9. The molecular weight excluding hydrogens is 368 g/mol. The normalized spacial score (nSPS) is 10.3. The molecule has 0 unspecified atom stereocenters. The van der Waals surface area contributed by atoms with E-state index in [0.717, 1.165) is 0 Å². The first-order chi connectivity index (χ1) is 13.5. The van der Waals surface area contributed by atoms with Gasteiger partial charge in [-0.05, 0) is 12.1 Å². The van der Waals surface area contributed by atoms with Crippen molar-refractivity contribution in [1.29, 1.82) is 0 Å². The molecule has 0 fully saturated rings. The fourth-order valence-corrected chi connectivity index (χ4v) is 2.22. The number of nitrogens with one attached hydrogen (secondary N) is 2. The predicted octanol–water partition coefficient (Wildman–Crippen LogP) is 1.20. The average molecular weight is 382 g/mol. The molecule has 2 N–H and O–H groups in total. The third kappa shape index (κ3) is 4.52. The van der Waals surface area contributed by atoms with E-state index < -0.39 is 10.8 Å². The van der Waals surface area contributed by atoms with Gasteiger partial charge in [0.2, 0.25) is 5.82 Å². The zero-order valence-corrected chi connectivity index (χ0v) is 14.4. The van der Waals surface area contributed by atoms with Crippen LogP contribution < -0.4 is 10.6 Å². The Morgan fingerprint density at radius 2 is 1.89 bits per heavy atom. The molecule has 2 aromatic heterocycles. The molecule has 0 saturated carbocycles. The van der Waals surface area contributed by atoms with Gasteiger partial charge in [-0.2, -0.15) is 4.98 Å². The highest BCUT2D eigenvalue weighted by molar-refractivity contribution is 5.94. The van der Waals surface area contributed by atoms with Crippen molar-refractivity contribution in [3.63, 3.8) is 0 Å². The molecule has 2 heterocycles. The number of pyridine rings is 1. The van der Waals surface area contributed by atoms with Crippen LogP contribution in [-0.2, 0) is 0 Å². The molecule has 11 heteroatoms. The molecule has 0 saturated heterocycles. The molecule has 11 nitrogen and oxygen atoms in total. The minimum Gasteiger partial charge on any atom is -0.350 e. The Hall–Kier alpha value is -4.15. The van der Waals surface area contributed by atoms with E-state index >= 15 is 0 Å². The molecule has 0 spiro atoms. The molecule has 3 aromatic rings. The van der Waals surface area contributed by atoms with Gasteiger partial charge >= 0.3 is 11.8 Å². The van der Waals surface area contributed by atoms with E-state index in [-0.39, 0.29) is 36.4 Å². The first kappa shape index (κ1) is 18.6. The van der Waals surface area contributed by atoms with Gasteiger partial charge in [-0.25, -0.2) is 0 Å². The Kier molecular flexibility index (Phi) is 5.65. The number of benzene rings is 1. The summed E-state index contributed by atoms with van der Waals surface area (Å²) in [5.74, 6) is -1.17. The number of nitro benzene ring substituents is 1. The van der Waals surface area contributed by atoms with Gasteiger partial charge < -0.3 is 15.2 Å². The number of non-ortho nitro benzene ring substituents is 1. The fraction of sp³-hybridized carbons (Fsp3) is 0.118. The lowest BCUT2D eigenvalue weighted by Crippen LogP contribution is -2.34. The van der Waals surface area contributed by atoms with Gasteiger partial charge in [-0.3, -0.25) is 24.7 Å². The van der Waals surface area contributed by atoms with Crippen LogP contribution in [0.4, 0.5) is 5.69 Å². The van der Waals surface area contributed by atoms with E-state index in [1.165, 1.54) is 24.4 Å². The largest absolute Gasteiger partial charge is 0.350 e. The number of nitrogens with zero attached hydrogens (tertiary/aromatic N) is 4. The van der Waals surface area contributed by atoms with Gasteiger partial charge in [0.1, 0.15) is 0 Å². The monoisotopic (exact) mass is 382 g/mol. The number of rotatable bonds is 7. The lowest BCUT2D eigenvalue weighted by Gasteiger charge is -2.05. The third-order valence-corrected chi connectivity index (χ3v) is 3.56. The molecule has 0 radical (unpaired) electrons. The topological polar surface area (TPSA) is 153 Å². The maximum atomic E-state index is 12.0. The average Bonchev–Trinajstić information content (AvgIpc) is 3.22. The van der Waals surface area contributed by atoms with E-state index in [0.29, 0.717) is 11.1 Å². The van der Waals surface area contributed by atoms with Gasteiger partial charge in [0.05, 0.1) is 10.5 Å². The number of carbonyl (C=O) groups is 2. The van der Waals surface area contributed by atoms with Crippen molar-refractivity contribution >= 4 is 17.5 Å². The van der Waals surface area contributed by atoms with Gasteiger partial charge in [-0.15, -0.1) is 0 Å². The van der Waals surface area contributed by atoms with Crippen molar-refractivity contribution in [2.45, 2.75) is 0 Å². The Bertz CT molecular complexity index is 1000. The van der Waals surface area contributed by atoms with Crippen LogP contribution in [0.25, 0.3) is 11.4 Å². The molecule has 2 amide bonds. The van der Waals surface area contributed by atoms with E-state index in [1.54, 1.807) is 24.4 Å². The Labute approximate surface area is 157 Å². The number of carbonyl (C=O) groups excluding carboxylic acids is 2. The summed E-state index contributed by atoms with van der Waals surface area (Å²) in [7, 11) is 0. The second-order valence-electron chi connectivity index (χ2n) is 5.48. The van der Waals surface area contributed by atoms with Gasteiger partial charge in [0.15, 0.2) is 0 Å². The summed E-state index contributed by atoms with van der Waals surface area (Å²) in [6, 6.07) is 8.92. The minimum atomic E-state index is -0.625. The van der Waals surface area contributed by atoms with Gasteiger partial charge in [0, 0.05) is 43.2 Å². The Morgan fingerprint density at radius 1 is 1.11 bits per heavy atom. The SMILES string of the molecule is O=C(NCCNC(=O)c1nc(-c2cccc([N+](=O)[O-])c2)no1)c1cccnc1. The lowest BCUT2D eigenvalue weighted by molar-refractivity contribution is -0.384. The highest BCUT2D eigenvalue weighted by Gasteiger charge is 2.17. The molecule has 28 heavy (non-hydrogen) atoms. The molecule has 0 bridgehead atoms. The summed E-state index contributed by atoms with van der Waals surface area (Å²) in [5, 5.41) is 19.6. The minimum absolute atomic E-state index is 0.0544. The van der Waals surface area contributed by atoms with Crippen LogP contribution in [0.3, 0.4) is 0 Å².